The van der Waals surface area contributed by atoms with Gasteiger partial charge in [-0.3, -0.25) is 4.79 Å². The average Bonchev–Trinajstić information content (AvgIpc) is 2.20. The van der Waals surface area contributed by atoms with E-state index in [0.717, 1.165) is 32.1 Å². The highest BCUT2D eigenvalue weighted by molar-refractivity contribution is 5.71. The topological polar surface area (TPSA) is 46.5 Å². The van der Waals surface area contributed by atoms with E-state index in [2.05, 4.69) is 4.74 Å². The van der Waals surface area contributed by atoms with Crippen LogP contribution in [0.25, 0.3) is 0 Å². The van der Waals surface area contributed by atoms with E-state index >= 15 is 0 Å². The Bertz CT molecular complexity index is 183. The lowest BCUT2D eigenvalue weighted by atomic mass is 9.82. The number of methoxy groups -OCH3 is 1. The number of ether oxygens (including phenoxy) is 1. The van der Waals surface area contributed by atoms with E-state index in [1.807, 2.05) is 6.92 Å². The monoisotopic (exact) mass is 200 g/mol. The van der Waals surface area contributed by atoms with Gasteiger partial charge in [0.05, 0.1) is 19.1 Å². The van der Waals surface area contributed by atoms with Crippen LogP contribution in [0.15, 0.2) is 0 Å². The van der Waals surface area contributed by atoms with Crippen molar-refractivity contribution >= 4 is 5.97 Å². The van der Waals surface area contributed by atoms with E-state index in [4.69, 9.17) is 0 Å². The molecule has 0 bridgehead atoms. The van der Waals surface area contributed by atoms with Gasteiger partial charge in [0.25, 0.3) is 0 Å². The van der Waals surface area contributed by atoms with Gasteiger partial charge in [0.2, 0.25) is 0 Å². The van der Waals surface area contributed by atoms with Crippen molar-refractivity contribution in [3.05, 3.63) is 0 Å². The fourth-order valence-corrected chi connectivity index (χ4v) is 2.18. The molecule has 0 unspecified atom stereocenters. The zero-order valence-electron chi connectivity index (χ0n) is 9.03. The van der Waals surface area contributed by atoms with Crippen LogP contribution in [0.1, 0.15) is 39.0 Å². The zero-order valence-corrected chi connectivity index (χ0v) is 9.03. The lowest BCUT2D eigenvalue weighted by Crippen LogP contribution is -2.22. The molecular formula is C11H20O3. The van der Waals surface area contributed by atoms with Gasteiger partial charge in [0, 0.05) is 0 Å². The Labute approximate surface area is 85.5 Å². The number of carbonyl (C=O) groups is 1. The molecule has 1 aliphatic rings. The molecule has 0 spiro atoms. The van der Waals surface area contributed by atoms with Gasteiger partial charge in [-0.25, -0.2) is 0 Å². The maximum Gasteiger partial charge on any atom is 0.308 e. The van der Waals surface area contributed by atoms with Crippen molar-refractivity contribution in [3.63, 3.8) is 0 Å². The molecule has 0 aromatic rings. The molecule has 3 nitrogen and oxygen atoms in total. The summed E-state index contributed by atoms with van der Waals surface area (Å²) >= 11 is 0. The van der Waals surface area contributed by atoms with Gasteiger partial charge in [-0.15, -0.1) is 0 Å². The van der Waals surface area contributed by atoms with Crippen LogP contribution >= 0.6 is 0 Å². The molecule has 0 aromatic heterocycles. The molecule has 1 saturated carbocycles. The molecule has 1 fully saturated rings. The summed E-state index contributed by atoms with van der Waals surface area (Å²) in [6, 6.07) is 0. The van der Waals surface area contributed by atoms with E-state index < -0.39 is 0 Å². The molecule has 82 valence electrons. The molecule has 1 rings (SSSR count). The second-order valence-electron chi connectivity index (χ2n) is 4.33. The Balaban J connectivity index is 2.27. The van der Waals surface area contributed by atoms with Crippen LogP contribution in [0, 0.1) is 11.8 Å². The molecule has 0 aromatic carbocycles. The van der Waals surface area contributed by atoms with Crippen LogP contribution in [-0.2, 0) is 9.53 Å². The minimum absolute atomic E-state index is 0.000225. The standard InChI is InChI=1S/C11H20O3/c1-8(11(13)14-2)7-9-3-5-10(12)6-4-9/h8-10,12H,3-7H2,1-2H3/t8-,9?,10?/m0/s1. The SMILES string of the molecule is COC(=O)[C@@H](C)CC1CCC(O)CC1. The van der Waals surface area contributed by atoms with Crippen LogP contribution in [-0.4, -0.2) is 24.3 Å². The Kier molecular flexibility index (Phi) is 4.39. The molecule has 1 aliphatic carbocycles. The van der Waals surface area contributed by atoms with Gasteiger partial charge in [0.1, 0.15) is 0 Å². The minimum atomic E-state index is -0.115. The summed E-state index contributed by atoms with van der Waals surface area (Å²) in [5.41, 5.74) is 0. The fraction of sp³-hybridized carbons (Fsp3) is 0.909. The summed E-state index contributed by atoms with van der Waals surface area (Å²) in [6.07, 6.45) is 4.65. The number of hydrogen-bond donors (Lipinski definition) is 1. The molecule has 0 saturated heterocycles. The van der Waals surface area contributed by atoms with E-state index in [-0.39, 0.29) is 18.0 Å². The van der Waals surface area contributed by atoms with Crippen molar-refractivity contribution in [1.82, 2.24) is 0 Å². The molecule has 14 heavy (non-hydrogen) atoms. The third-order valence-electron chi connectivity index (χ3n) is 3.11. The number of esters is 1. The molecular weight excluding hydrogens is 180 g/mol. The number of carbonyl (C=O) groups excluding carboxylic acids is 1. The van der Waals surface area contributed by atoms with Gasteiger partial charge < -0.3 is 9.84 Å². The third-order valence-corrected chi connectivity index (χ3v) is 3.11. The van der Waals surface area contributed by atoms with E-state index in [9.17, 15) is 9.90 Å². The predicted molar refractivity (Wildman–Crippen MR) is 53.8 cm³/mol. The Morgan fingerprint density at radius 2 is 2.00 bits per heavy atom. The summed E-state index contributed by atoms with van der Waals surface area (Å²) in [6.45, 7) is 1.91. The van der Waals surface area contributed by atoms with Crippen LogP contribution in [0.4, 0.5) is 0 Å². The van der Waals surface area contributed by atoms with Crippen LogP contribution in [0.2, 0.25) is 0 Å². The first kappa shape index (κ1) is 11.5. The Hall–Kier alpha value is -0.570. The van der Waals surface area contributed by atoms with Crippen molar-refractivity contribution in [2.45, 2.75) is 45.1 Å². The first-order valence-electron chi connectivity index (χ1n) is 5.39. The van der Waals surface area contributed by atoms with Crippen molar-refractivity contribution in [3.8, 4) is 0 Å². The first-order valence-corrected chi connectivity index (χ1v) is 5.39. The molecule has 3 heteroatoms. The van der Waals surface area contributed by atoms with Crippen LogP contribution in [0.5, 0.6) is 0 Å². The van der Waals surface area contributed by atoms with Gasteiger partial charge in [0.15, 0.2) is 0 Å². The number of aliphatic hydroxyl groups is 1. The van der Waals surface area contributed by atoms with Crippen molar-refractivity contribution in [2.75, 3.05) is 7.11 Å². The third kappa shape index (κ3) is 3.29. The summed E-state index contributed by atoms with van der Waals surface area (Å²) < 4.78 is 4.69. The Morgan fingerprint density at radius 3 is 2.50 bits per heavy atom. The fourth-order valence-electron chi connectivity index (χ4n) is 2.18. The lowest BCUT2D eigenvalue weighted by molar-refractivity contribution is -0.145. The summed E-state index contributed by atoms with van der Waals surface area (Å²) in [7, 11) is 1.43. The highest BCUT2D eigenvalue weighted by Gasteiger charge is 2.23. The number of rotatable bonds is 3. The van der Waals surface area contributed by atoms with Crippen molar-refractivity contribution in [1.29, 1.82) is 0 Å². The lowest BCUT2D eigenvalue weighted by Gasteiger charge is -2.26. The van der Waals surface area contributed by atoms with Crippen LogP contribution < -0.4 is 0 Å². The largest absolute Gasteiger partial charge is 0.469 e. The van der Waals surface area contributed by atoms with E-state index in [0.29, 0.717) is 5.92 Å². The van der Waals surface area contributed by atoms with E-state index in [1.54, 1.807) is 0 Å². The minimum Gasteiger partial charge on any atom is -0.469 e. The van der Waals surface area contributed by atoms with Gasteiger partial charge in [-0.2, -0.15) is 0 Å². The summed E-state index contributed by atoms with van der Waals surface area (Å²) in [5, 5.41) is 9.32. The quantitative estimate of drug-likeness (QED) is 0.706. The molecule has 0 heterocycles. The smallest absolute Gasteiger partial charge is 0.308 e. The van der Waals surface area contributed by atoms with Crippen molar-refractivity contribution < 1.29 is 14.6 Å². The second-order valence-corrected chi connectivity index (χ2v) is 4.33. The zero-order chi connectivity index (χ0) is 10.6. The maximum absolute atomic E-state index is 11.2. The predicted octanol–water partition coefficient (Wildman–Crippen LogP) is 1.74. The first-order chi connectivity index (χ1) is 6.63. The summed E-state index contributed by atoms with van der Waals surface area (Å²) in [5.74, 6) is 0.476. The highest BCUT2D eigenvalue weighted by Crippen LogP contribution is 2.29. The van der Waals surface area contributed by atoms with Crippen LogP contribution in [0.3, 0.4) is 0 Å². The van der Waals surface area contributed by atoms with E-state index in [1.165, 1.54) is 7.11 Å². The van der Waals surface area contributed by atoms with Gasteiger partial charge >= 0.3 is 5.97 Å². The average molecular weight is 200 g/mol. The molecule has 1 atom stereocenters. The van der Waals surface area contributed by atoms with Gasteiger partial charge in [-0.05, 0) is 38.0 Å². The number of hydrogen-bond acceptors (Lipinski definition) is 3. The molecule has 0 radical (unpaired) electrons. The molecule has 0 amide bonds. The highest BCUT2D eigenvalue weighted by atomic mass is 16.5. The maximum atomic E-state index is 11.2. The second kappa shape index (κ2) is 5.35. The number of aliphatic hydroxyl groups excluding tert-OH is 1. The Morgan fingerprint density at radius 1 is 1.43 bits per heavy atom. The normalized spacial score (nSPS) is 29.6. The van der Waals surface area contributed by atoms with Gasteiger partial charge in [-0.1, -0.05) is 6.92 Å². The summed E-state index contributed by atoms with van der Waals surface area (Å²) in [4.78, 5) is 11.2. The molecule has 0 aliphatic heterocycles. The molecule has 1 N–H and O–H groups in total. The van der Waals surface area contributed by atoms with Crippen molar-refractivity contribution in [2.24, 2.45) is 11.8 Å².